The van der Waals surface area contributed by atoms with Gasteiger partial charge in [0.15, 0.2) is 0 Å². The molecule has 1 aromatic heterocycles. The first-order chi connectivity index (χ1) is 11.3. The molecule has 122 valence electrons. The van der Waals surface area contributed by atoms with Gasteiger partial charge in [0, 0.05) is 31.6 Å². The molecule has 4 rings (SSSR count). The molecule has 0 amide bonds. The minimum atomic E-state index is 0.734. The van der Waals surface area contributed by atoms with Crippen molar-refractivity contribution in [2.75, 3.05) is 36.0 Å². The SMILES string of the molecule is CC1CCCN(c2nc(N3CCCCC3)c3ccccc3n2)C1. The van der Waals surface area contributed by atoms with Crippen molar-refractivity contribution in [1.82, 2.24) is 9.97 Å². The van der Waals surface area contributed by atoms with E-state index in [0.717, 1.165) is 49.4 Å². The molecule has 2 saturated heterocycles. The van der Waals surface area contributed by atoms with Gasteiger partial charge in [-0.3, -0.25) is 0 Å². The van der Waals surface area contributed by atoms with Crippen LogP contribution in [0.5, 0.6) is 0 Å². The zero-order valence-corrected chi connectivity index (χ0v) is 14.0. The molecule has 3 heterocycles. The van der Waals surface area contributed by atoms with E-state index in [2.05, 4.69) is 41.0 Å². The highest BCUT2D eigenvalue weighted by Gasteiger charge is 2.22. The fourth-order valence-electron chi connectivity index (χ4n) is 3.91. The Morgan fingerprint density at radius 2 is 1.70 bits per heavy atom. The summed E-state index contributed by atoms with van der Waals surface area (Å²) in [6.45, 7) is 6.74. The Morgan fingerprint density at radius 3 is 2.52 bits per heavy atom. The van der Waals surface area contributed by atoms with E-state index < -0.39 is 0 Å². The molecule has 23 heavy (non-hydrogen) atoms. The van der Waals surface area contributed by atoms with Gasteiger partial charge in [-0.05, 0) is 50.2 Å². The Bertz CT molecular complexity index is 678. The first kappa shape index (κ1) is 14.7. The van der Waals surface area contributed by atoms with Crippen molar-refractivity contribution in [2.24, 2.45) is 5.92 Å². The van der Waals surface area contributed by atoms with Gasteiger partial charge in [-0.1, -0.05) is 19.1 Å². The molecule has 4 heteroatoms. The second-order valence-corrected chi connectivity index (χ2v) is 7.11. The molecule has 2 aliphatic rings. The number of nitrogens with zero attached hydrogens (tertiary/aromatic N) is 4. The summed E-state index contributed by atoms with van der Waals surface area (Å²) in [4.78, 5) is 14.7. The average Bonchev–Trinajstić information content (AvgIpc) is 2.61. The second-order valence-electron chi connectivity index (χ2n) is 7.11. The van der Waals surface area contributed by atoms with E-state index in [4.69, 9.17) is 9.97 Å². The van der Waals surface area contributed by atoms with Crippen molar-refractivity contribution < 1.29 is 0 Å². The van der Waals surface area contributed by atoms with E-state index in [1.54, 1.807) is 0 Å². The van der Waals surface area contributed by atoms with Crippen LogP contribution in [0.1, 0.15) is 39.0 Å². The number of piperidine rings is 2. The normalized spacial score (nSPS) is 22.6. The van der Waals surface area contributed by atoms with Gasteiger partial charge in [-0.25, -0.2) is 4.98 Å². The van der Waals surface area contributed by atoms with Crippen LogP contribution in [0.25, 0.3) is 10.9 Å². The highest BCUT2D eigenvalue weighted by atomic mass is 15.3. The van der Waals surface area contributed by atoms with Gasteiger partial charge in [0.05, 0.1) is 5.52 Å². The summed E-state index contributed by atoms with van der Waals surface area (Å²) in [6.07, 6.45) is 6.46. The molecular weight excluding hydrogens is 284 g/mol. The quantitative estimate of drug-likeness (QED) is 0.843. The smallest absolute Gasteiger partial charge is 0.227 e. The Balaban J connectivity index is 1.76. The average molecular weight is 310 g/mol. The van der Waals surface area contributed by atoms with Crippen LogP contribution in [0.15, 0.2) is 24.3 Å². The largest absolute Gasteiger partial charge is 0.356 e. The molecule has 0 bridgehead atoms. The molecular formula is C19H26N4. The number of hydrogen-bond donors (Lipinski definition) is 0. The lowest BCUT2D eigenvalue weighted by Crippen LogP contribution is -2.36. The second kappa shape index (κ2) is 6.34. The third kappa shape index (κ3) is 2.99. The highest BCUT2D eigenvalue weighted by molar-refractivity contribution is 5.90. The first-order valence-corrected chi connectivity index (χ1v) is 9.08. The van der Waals surface area contributed by atoms with Crippen LogP contribution in [0.2, 0.25) is 0 Å². The summed E-state index contributed by atoms with van der Waals surface area (Å²) in [5.74, 6) is 2.80. The number of benzene rings is 1. The summed E-state index contributed by atoms with van der Waals surface area (Å²) in [7, 11) is 0. The van der Waals surface area contributed by atoms with Gasteiger partial charge in [-0.2, -0.15) is 4.98 Å². The molecule has 2 aromatic rings. The van der Waals surface area contributed by atoms with Crippen molar-refractivity contribution in [3.63, 3.8) is 0 Å². The van der Waals surface area contributed by atoms with E-state index in [9.17, 15) is 0 Å². The number of hydrogen-bond acceptors (Lipinski definition) is 4. The maximum atomic E-state index is 5.02. The molecule has 2 aliphatic heterocycles. The van der Waals surface area contributed by atoms with Crippen molar-refractivity contribution in [3.8, 4) is 0 Å². The van der Waals surface area contributed by atoms with Crippen molar-refractivity contribution >= 4 is 22.7 Å². The number of rotatable bonds is 2. The van der Waals surface area contributed by atoms with Gasteiger partial charge < -0.3 is 9.80 Å². The maximum Gasteiger partial charge on any atom is 0.227 e. The van der Waals surface area contributed by atoms with Crippen LogP contribution < -0.4 is 9.80 Å². The van der Waals surface area contributed by atoms with Crippen LogP contribution >= 0.6 is 0 Å². The molecule has 0 radical (unpaired) electrons. The first-order valence-electron chi connectivity index (χ1n) is 9.08. The van der Waals surface area contributed by atoms with E-state index in [1.165, 1.54) is 37.5 Å². The summed E-state index contributed by atoms with van der Waals surface area (Å²) in [5.41, 5.74) is 1.08. The number of anilines is 2. The zero-order chi connectivity index (χ0) is 15.6. The molecule has 4 nitrogen and oxygen atoms in total. The molecule has 1 aromatic carbocycles. The van der Waals surface area contributed by atoms with E-state index in [0.29, 0.717) is 0 Å². The van der Waals surface area contributed by atoms with E-state index >= 15 is 0 Å². The maximum absolute atomic E-state index is 5.02. The third-order valence-corrected chi connectivity index (χ3v) is 5.17. The lowest BCUT2D eigenvalue weighted by Gasteiger charge is -2.33. The van der Waals surface area contributed by atoms with Crippen molar-refractivity contribution in [3.05, 3.63) is 24.3 Å². The van der Waals surface area contributed by atoms with E-state index in [1.807, 2.05) is 0 Å². The zero-order valence-electron chi connectivity index (χ0n) is 14.0. The van der Waals surface area contributed by atoms with Gasteiger partial charge in [0.2, 0.25) is 5.95 Å². The number of fused-ring (bicyclic) bond motifs is 1. The monoisotopic (exact) mass is 310 g/mol. The topological polar surface area (TPSA) is 32.3 Å². The number of aromatic nitrogens is 2. The Kier molecular flexibility index (Phi) is 4.06. The van der Waals surface area contributed by atoms with Crippen LogP contribution in [-0.4, -0.2) is 36.1 Å². The summed E-state index contributed by atoms with van der Waals surface area (Å²) < 4.78 is 0. The Labute approximate surface area is 138 Å². The number of para-hydroxylation sites is 1. The molecule has 1 unspecified atom stereocenters. The Hall–Kier alpha value is -1.84. The summed E-state index contributed by atoms with van der Waals surface area (Å²) in [5, 5.41) is 1.20. The standard InChI is InChI=1S/C19H26N4/c1-15-8-7-13-23(14-15)19-20-17-10-4-3-9-16(17)18(21-19)22-11-5-2-6-12-22/h3-4,9-10,15H,2,5-8,11-14H2,1H3. The van der Waals surface area contributed by atoms with Gasteiger partial charge in [0.1, 0.15) is 5.82 Å². The van der Waals surface area contributed by atoms with Gasteiger partial charge >= 0.3 is 0 Å². The molecule has 0 aliphatic carbocycles. The van der Waals surface area contributed by atoms with Crippen molar-refractivity contribution in [2.45, 2.75) is 39.0 Å². The van der Waals surface area contributed by atoms with E-state index in [-0.39, 0.29) is 0 Å². The predicted molar refractivity (Wildman–Crippen MR) is 96.2 cm³/mol. The lowest BCUT2D eigenvalue weighted by atomic mass is 10.0. The van der Waals surface area contributed by atoms with Gasteiger partial charge in [-0.15, -0.1) is 0 Å². The molecule has 0 N–H and O–H groups in total. The van der Waals surface area contributed by atoms with Crippen molar-refractivity contribution in [1.29, 1.82) is 0 Å². The fraction of sp³-hybridized carbons (Fsp3) is 0.579. The third-order valence-electron chi connectivity index (χ3n) is 5.17. The summed E-state index contributed by atoms with van der Waals surface area (Å²) in [6, 6.07) is 8.48. The van der Waals surface area contributed by atoms with Gasteiger partial charge in [0.25, 0.3) is 0 Å². The Morgan fingerprint density at radius 1 is 0.913 bits per heavy atom. The molecule has 0 saturated carbocycles. The molecule has 1 atom stereocenters. The molecule has 2 fully saturated rings. The highest BCUT2D eigenvalue weighted by Crippen LogP contribution is 2.30. The van der Waals surface area contributed by atoms with Crippen LogP contribution in [-0.2, 0) is 0 Å². The van der Waals surface area contributed by atoms with Crippen LogP contribution in [0.3, 0.4) is 0 Å². The lowest BCUT2D eigenvalue weighted by molar-refractivity contribution is 0.442. The van der Waals surface area contributed by atoms with Crippen LogP contribution in [0, 0.1) is 5.92 Å². The predicted octanol–water partition coefficient (Wildman–Crippen LogP) is 3.86. The molecule has 0 spiro atoms. The van der Waals surface area contributed by atoms with Crippen LogP contribution in [0.4, 0.5) is 11.8 Å². The minimum Gasteiger partial charge on any atom is -0.356 e. The minimum absolute atomic E-state index is 0.734. The fourth-order valence-corrected chi connectivity index (χ4v) is 3.91. The summed E-state index contributed by atoms with van der Waals surface area (Å²) >= 11 is 0.